The Morgan fingerprint density at radius 2 is 0.455 bits per heavy atom. The normalized spacial score (nSPS) is 15.1. The Morgan fingerprint density at radius 3 is 0.545 bits per heavy atom. The number of allylic oxidation sites excluding steroid dienone is 8. The number of aliphatic hydroxyl groups is 2. The summed E-state index contributed by atoms with van der Waals surface area (Å²) in [6, 6.07) is 0. The Morgan fingerprint density at radius 1 is 0.364 bits per heavy atom. The van der Waals surface area contributed by atoms with E-state index in [0.717, 1.165) is 14.2 Å². The first-order chi connectivity index (χ1) is 10.0. The molecule has 0 aromatic carbocycles. The van der Waals surface area contributed by atoms with Crippen LogP contribution in [0.1, 0.15) is 51.4 Å². The van der Waals surface area contributed by atoms with Crippen LogP contribution in [0.4, 0.5) is 0 Å². The van der Waals surface area contributed by atoms with Gasteiger partial charge in [-0.1, -0.05) is 48.6 Å². The summed E-state index contributed by atoms with van der Waals surface area (Å²) in [5.74, 6) is 0. The average Bonchev–Trinajstić information content (AvgIpc) is 2.42. The van der Waals surface area contributed by atoms with Gasteiger partial charge in [0.05, 0.1) is 0 Å². The molecule has 0 aromatic heterocycles. The van der Waals surface area contributed by atoms with E-state index >= 15 is 0 Å². The van der Waals surface area contributed by atoms with E-state index in [-0.39, 0.29) is 39.0 Å². The van der Waals surface area contributed by atoms with Crippen LogP contribution in [-0.2, 0) is 39.0 Å². The maximum Gasteiger partial charge on any atom is 0.0319 e. The zero-order valence-electron chi connectivity index (χ0n) is 13.8. The predicted octanol–water partition coefficient (Wildman–Crippen LogP) is 4.56. The molecule has 0 unspecified atom stereocenters. The minimum Gasteiger partial charge on any atom is -0.400 e. The van der Waals surface area contributed by atoms with E-state index in [0.29, 0.717) is 0 Å². The third kappa shape index (κ3) is 28.3. The molecule has 0 bridgehead atoms. The van der Waals surface area contributed by atoms with Gasteiger partial charge in [-0.25, -0.2) is 0 Å². The van der Waals surface area contributed by atoms with Crippen LogP contribution in [-0.4, -0.2) is 24.4 Å². The van der Waals surface area contributed by atoms with Crippen LogP contribution >= 0.6 is 0 Å². The second-order valence-electron chi connectivity index (χ2n) is 4.20. The molecule has 0 atom stereocenters. The minimum atomic E-state index is 0. The Hall–Kier alpha value is 0.127. The Balaban J connectivity index is -0.000000112. The van der Waals surface area contributed by atoms with Crippen molar-refractivity contribution in [1.29, 1.82) is 0 Å². The molecule has 4 heteroatoms. The summed E-state index contributed by atoms with van der Waals surface area (Å²) in [5.41, 5.74) is 0. The summed E-state index contributed by atoms with van der Waals surface area (Å²) < 4.78 is 0. The second-order valence-corrected chi connectivity index (χ2v) is 4.20. The van der Waals surface area contributed by atoms with Gasteiger partial charge in [-0.15, -0.1) is 0 Å². The molecule has 0 amide bonds. The number of rotatable bonds is 0. The summed E-state index contributed by atoms with van der Waals surface area (Å²) in [7, 11) is 2.00. The van der Waals surface area contributed by atoms with Crippen molar-refractivity contribution in [3.8, 4) is 0 Å². The largest absolute Gasteiger partial charge is 0.400 e. The van der Waals surface area contributed by atoms with Gasteiger partial charge in [0.1, 0.15) is 0 Å². The Bertz CT molecular complexity index is 192. The molecule has 0 spiro atoms. The molecular formula is C18H32O2Rh2. The van der Waals surface area contributed by atoms with E-state index < -0.39 is 0 Å². The van der Waals surface area contributed by atoms with Gasteiger partial charge in [0, 0.05) is 53.2 Å². The monoisotopic (exact) mass is 486 g/mol. The fraction of sp³-hybridized carbons (Fsp3) is 0.556. The van der Waals surface area contributed by atoms with Crippen molar-refractivity contribution in [3.05, 3.63) is 48.6 Å². The first kappa shape index (κ1) is 30.1. The molecule has 0 saturated carbocycles. The number of aliphatic hydroxyl groups excluding tert-OH is 2. The molecule has 0 aromatic rings. The topological polar surface area (TPSA) is 40.5 Å². The maximum atomic E-state index is 7.00. The van der Waals surface area contributed by atoms with Gasteiger partial charge in [0.2, 0.25) is 0 Å². The van der Waals surface area contributed by atoms with Crippen LogP contribution in [0.5, 0.6) is 0 Å². The molecule has 22 heavy (non-hydrogen) atoms. The van der Waals surface area contributed by atoms with E-state index in [4.69, 9.17) is 10.2 Å². The predicted molar refractivity (Wildman–Crippen MR) is 89.8 cm³/mol. The van der Waals surface area contributed by atoms with E-state index in [2.05, 4.69) is 48.6 Å². The van der Waals surface area contributed by atoms with E-state index in [9.17, 15) is 0 Å². The molecule has 2 rings (SSSR count). The molecule has 2 aliphatic rings. The molecule has 2 nitrogen and oxygen atoms in total. The first-order valence-electron chi connectivity index (χ1n) is 7.49. The summed E-state index contributed by atoms with van der Waals surface area (Å²) in [6.45, 7) is 0. The summed E-state index contributed by atoms with van der Waals surface area (Å²) in [6.07, 6.45) is 28.0. The number of hydrogen-bond acceptors (Lipinski definition) is 2. The molecule has 2 N–H and O–H groups in total. The third-order valence-corrected chi connectivity index (χ3v) is 2.67. The first-order valence-corrected chi connectivity index (χ1v) is 7.49. The molecular weight excluding hydrogens is 454 g/mol. The summed E-state index contributed by atoms with van der Waals surface area (Å²) in [4.78, 5) is 0. The van der Waals surface area contributed by atoms with Crippen molar-refractivity contribution in [2.45, 2.75) is 51.4 Å². The molecule has 0 aliphatic heterocycles. The molecule has 0 heterocycles. The van der Waals surface area contributed by atoms with Crippen molar-refractivity contribution >= 4 is 0 Å². The molecule has 2 radical (unpaired) electrons. The van der Waals surface area contributed by atoms with E-state index in [1.54, 1.807) is 0 Å². The molecule has 0 saturated heterocycles. The van der Waals surface area contributed by atoms with Gasteiger partial charge in [-0.2, -0.15) is 0 Å². The second kappa shape index (κ2) is 32.9. The van der Waals surface area contributed by atoms with Crippen molar-refractivity contribution in [2.24, 2.45) is 0 Å². The zero-order valence-corrected chi connectivity index (χ0v) is 17.1. The van der Waals surface area contributed by atoms with Crippen LogP contribution < -0.4 is 0 Å². The third-order valence-electron chi connectivity index (χ3n) is 2.67. The van der Waals surface area contributed by atoms with Crippen LogP contribution in [0.25, 0.3) is 0 Å². The minimum absolute atomic E-state index is 0. The van der Waals surface area contributed by atoms with E-state index in [1.165, 1.54) is 51.4 Å². The smallest absolute Gasteiger partial charge is 0.0319 e. The number of hydrogen-bond donors (Lipinski definition) is 2. The summed E-state index contributed by atoms with van der Waals surface area (Å²) >= 11 is 0. The molecule has 2 aliphatic carbocycles. The fourth-order valence-electron chi connectivity index (χ4n) is 1.71. The maximum absolute atomic E-state index is 7.00. The standard InChI is InChI=1S/2C8H12.2CH4O.2Rh/c2*1-2-4-6-8-7-5-3-1;2*1-2;;/h2*1-2,7-8H,3-6H2;2*2H,1H3;;. The molecule has 134 valence electrons. The van der Waals surface area contributed by atoms with Crippen LogP contribution in [0.15, 0.2) is 48.6 Å². The van der Waals surface area contributed by atoms with Gasteiger partial charge in [0.15, 0.2) is 0 Å². The molecule has 0 fully saturated rings. The fourth-order valence-corrected chi connectivity index (χ4v) is 1.71. The van der Waals surface area contributed by atoms with Gasteiger partial charge >= 0.3 is 0 Å². The zero-order chi connectivity index (χ0) is 15.3. The van der Waals surface area contributed by atoms with Crippen molar-refractivity contribution in [1.82, 2.24) is 0 Å². The Kier molecular flexibility index (Phi) is 45.0. The van der Waals surface area contributed by atoms with E-state index in [1.807, 2.05) is 0 Å². The van der Waals surface area contributed by atoms with Crippen molar-refractivity contribution in [2.75, 3.05) is 14.2 Å². The van der Waals surface area contributed by atoms with Gasteiger partial charge in [0.25, 0.3) is 0 Å². The van der Waals surface area contributed by atoms with Crippen molar-refractivity contribution < 1.29 is 49.2 Å². The van der Waals surface area contributed by atoms with Gasteiger partial charge in [-0.3, -0.25) is 0 Å². The quantitative estimate of drug-likeness (QED) is 0.390. The van der Waals surface area contributed by atoms with Gasteiger partial charge < -0.3 is 10.2 Å². The van der Waals surface area contributed by atoms with Crippen molar-refractivity contribution in [3.63, 3.8) is 0 Å². The Labute approximate surface area is 163 Å². The van der Waals surface area contributed by atoms with Gasteiger partial charge in [-0.05, 0) is 51.4 Å². The summed E-state index contributed by atoms with van der Waals surface area (Å²) in [5, 5.41) is 14.0. The average molecular weight is 486 g/mol. The van der Waals surface area contributed by atoms with Crippen LogP contribution in [0.3, 0.4) is 0 Å². The van der Waals surface area contributed by atoms with Crippen LogP contribution in [0, 0.1) is 0 Å². The SMILES string of the molecule is C1=CCCC=CCC1.C1=CCCC=CCC1.CO.CO.[Rh].[Rh]. The van der Waals surface area contributed by atoms with Crippen LogP contribution in [0.2, 0.25) is 0 Å².